The molecule has 0 saturated heterocycles. The van der Waals surface area contributed by atoms with E-state index in [1.165, 1.54) is 18.3 Å². The fourth-order valence-electron chi connectivity index (χ4n) is 0.818. The molecule has 0 aliphatic heterocycles. The molecule has 5 heteroatoms. The largest absolute Gasteiger partial charge is 0.477 e. The Balaban J connectivity index is 0.00000106. The lowest BCUT2D eigenvalue weighted by Gasteiger charge is -2.05. The van der Waals surface area contributed by atoms with Crippen molar-refractivity contribution in [3.05, 3.63) is 24.3 Å². The number of carbonyl (C=O) groups excluding carboxylic acids is 1. The van der Waals surface area contributed by atoms with Crippen LogP contribution >= 0.6 is 0 Å². The predicted octanol–water partition coefficient (Wildman–Crippen LogP) is 2.19. The highest BCUT2D eigenvalue weighted by Crippen LogP contribution is 2.12. The zero-order valence-corrected chi connectivity index (χ0v) is 9.70. The van der Waals surface area contributed by atoms with Crippen LogP contribution in [0.1, 0.15) is 20.8 Å². The third kappa shape index (κ3) is 5.29. The minimum atomic E-state index is -0.739. The molecule has 0 radical (unpaired) electrons. The quantitative estimate of drug-likeness (QED) is 0.586. The summed E-state index contributed by atoms with van der Waals surface area (Å²) in [6.45, 7) is 5.65. The van der Waals surface area contributed by atoms with Crippen LogP contribution < -0.4 is 4.74 Å². The summed E-state index contributed by atoms with van der Waals surface area (Å²) in [5.41, 5.74) is 0. The van der Waals surface area contributed by atoms with Crippen molar-refractivity contribution in [2.75, 3.05) is 13.2 Å². The summed E-state index contributed by atoms with van der Waals surface area (Å²) in [6.07, 6.45) is 1.30. The number of hydrogen-bond donors (Lipinski definition) is 0. The maximum Gasteiger partial charge on any atom is 0.344 e. The van der Waals surface area contributed by atoms with E-state index in [4.69, 9.17) is 4.74 Å². The van der Waals surface area contributed by atoms with Gasteiger partial charge in [-0.1, -0.05) is 13.8 Å². The number of halogens is 1. The molecule has 0 spiro atoms. The maximum atomic E-state index is 12.8. The minimum Gasteiger partial charge on any atom is -0.477 e. The minimum absolute atomic E-state index is 0.0550. The summed E-state index contributed by atoms with van der Waals surface area (Å²) in [6, 6.07) is 2.91. The Morgan fingerprint density at radius 3 is 2.75 bits per heavy atom. The molecule has 1 rings (SSSR count). The predicted molar refractivity (Wildman–Crippen MR) is 57.7 cm³/mol. The Labute approximate surface area is 94.4 Å². The fraction of sp³-hybridized carbons (Fsp3) is 0.455. The monoisotopic (exact) mass is 229 g/mol. The zero-order valence-electron chi connectivity index (χ0n) is 9.70. The third-order valence-electron chi connectivity index (χ3n) is 1.38. The van der Waals surface area contributed by atoms with Gasteiger partial charge in [0.15, 0.2) is 12.4 Å². The van der Waals surface area contributed by atoms with Gasteiger partial charge in [0, 0.05) is 6.20 Å². The lowest BCUT2D eigenvalue weighted by atomic mass is 10.4. The number of aromatic nitrogens is 1. The van der Waals surface area contributed by atoms with Crippen molar-refractivity contribution < 1.29 is 18.7 Å². The molecule has 1 heterocycles. The average molecular weight is 229 g/mol. The molecule has 0 aliphatic carbocycles. The van der Waals surface area contributed by atoms with Crippen LogP contribution in [0.2, 0.25) is 0 Å². The van der Waals surface area contributed by atoms with Gasteiger partial charge in [-0.05, 0) is 19.1 Å². The molecular weight excluding hydrogens is 213 g/mol. The molecule has 0 fully saturated rings. The number of pyridine rings is 1. The van der Waals surface area contributed by atoms with E-state index in [1.54, 1.807) is 6.92 Å². The fourth-order valence-corrected chi connectivity index (χ4v) is 0.818. The van der Waals surface area contributed by atoms with Crippen molar-refractivity contribution >= 4 is 5.97 Å². The summed E-state index contributed by atoms with van der Waals surface area (Å²) in [5, 5.41) is 0. The maximum absolute atomic E-state index is 12.8. The first kappa shape index (κ1) is 14.3. The summed E-state index contributed by atoms with van der Waals surface area (Å²) >= 11 is 0. The van der Waals surface area contributed by atoms with Crippen molar-refractivity contribution in [2.45, 2.75) is 20.8 Å². The Hall–Kier alpha value is -1.65. The van der Waals surface area contributed by atoms with Gasteiger partial charge in [0.1, 0.15) is 0 Å². The lowest BCUT2D eigenvalue weighted by Crippen LogP contribution is -2.15. The molecule has 16 heavy (non-hydrogen) atoms. The van der Waals surface area contributed by atoms with Crippen molar-refractivity contribution in [3.8, 4) is 5.75 Å². The summed E-state index contributed by atoms with van der Waals surface area (Å²) < 4.78 is 22.3. The van der Waals surface area contributed by atoms with Gasteiger partial charge >= 0.3 is 5.97 Å². The molecule has 0 unspecified atom stereocenters. The van der Waals surface area contributed by atoms with Crippen molar-refractivity contribution in [3.63, 3.8) is 0 Å². The second-order valence-electron chi connectivity index (χ2n) is 2.39. The first-order chi connectivity index (χ1) is 7.74. The molecule has 90 valence electrons. The van der Waals surface area contributed by atoms with Crippen molar-refractivity contribution in [1.82, 2.24) is 4.98 Å². The lowest BCUT2D eigenvalue weighted by molar-refractivity contribution is -0.145. The summed E-state index contributed by atoms with van der Waals surface area (Å²) in [7, 11) is 0. The Morgan fingerprint density at radius 1 is 1.50 bits per heavy atom. The van der Waals surface area contributed by atoms with Crippen LogP contribution in [0.4, 0.5) is 4.39 Å². The topological polar surface area (TPSA) is 48.4 Å². The Morgan fingerprint density at radius 2 is 2.19 bits per heavy atom. The van der Waals surface area contributed by atoms with Crippen LogP contribution in [0.25, 0.3) is 0 Å². The van der Waals surface area contributed by atoms with E-state index < -0.39 is 11.9 Å². The average Bonchev–Trinajstić information content (AvgIpc) is 2.31. The summed E-state index contributed by atoms with van der Waals surface area (Å²) in [4.78, 5) is 14.2. The van der Waals surface area contributed by atoms with Crippen LogP contribution in [-0.2, 0) is 9.53 Å². The van der Waals surface area contributed by atoms with Gasteiger partial charge in [0.2, 0.25) is 0 Å². The van der Waals surface area contributed by atoms with Gasteiger partial charge in [0.05, 0.1) is 6.61 Å². The van der Waals surface area contributed by atoms with E-state index >= 15 is 0 Å². The molecule has 0 atom stereocenters. The van der Waals surface area contributed by atoms with E-state index in [1.807, 2.05) is 13.8 Å². The number of esters is 1. The number of rotatable bonds is 4. The van der Waals surface area contributed by atoms with Gasteiger partial charge in [-0.3, -0.25) is 0 Å². The molecule has 0 aromatic carbocycles. The highest BCUT2D eigenvalue weighted by atomic mass is 19.1. The molecule has 1 aromatic rings. The number of ether oxygens (including phenoxy) is 2. The molecule has 0 amide bonds. The van der Waals surface area contributed by atoms with Gasteiger partial charge in [-0.2, -0.15) is 4.39 Å². The second kappa shape index (κ2) is 8.64. The Kier molecular flexibility index (Phi) is 7.75. The molecule has 1 aromatic heterocycles. The molecular formula is C11H16FNO3. The van der Waals surface area contributed by atoms with Gasteiger partial charge in [-0.15, -0.1) is 0 Å². The van der Waals surface area contributed by atoms with Crippen molar-refractivity contribution in [2.24, 2.45) is 0 Å². The number of hydrogen-bond acceptors (Lipinski definition) is 4. The summed E-state index contributed by atoms with van der Waals surface area (Å²) in [5.74, 6) is -1.33. The normalized spacial score (nSPS) is 8.75. The molecule has 0 N–H and O–H groups in total. The highest BCUT2D eigenvalue weighted by Gasteiger charge is 2.06. The molecule has 0 bridgehead atoms. The van der Waals surface area contributed by atoms with E-state index in [0.29, 0.717) is 0 Å². The van der Waals surface area contributed by atoms with E-state index in [9.17, 15) is 9.18 Å². The first-order valence-electron chi connectivity index (χ1n) is 5.13. The Bertz CT molecular complexity index is 318. The van der Waals surface area contributed by atoms with Crippen LogP contribution in [-0.4, -0.2) is 24.2 Å². The standard InChI is InChI=1S/C9H10FNO3.C2H6/c1-2-13-8(12)6-14-7-4-3-5-11-9(7)10;1-2/h3-5H,2,6H2,1H3;1-2H3. The number of carbonyl (C=O) groups is 1. The number of nitrogens with zero attached hydrogens (tertiary/aromatic N) is 1. The molecule has 0 saturated carbocycles. The van der Waals surface area contributed by atoms with E-state index in [0.717, 1.165) is 0 Å². The van der Waals surface area contributed by atoms with Gasteiger partial charge in [-0.25, -0.2) is 9.78 Å². The highest BCUT2D eigenvalue weighted by molar-refractivity contribution is 5.71. The van der Waals surface area contributed by atoms with Gasteiger partial charge < -0.3 is 9.47 Å². The molecule has 4 nitrogen and oxygen atoms in total. The van der Waals surface area contributed by atoms with Crippen LogP contribution in [0.5, 0.6) is 5.75 Å². The van der Waals surface area contributed by atoms with E-state index in [2.05, 4.69) is 9.72 Å². The van der Waals surface area contributed by atoms with E-state index in [-0.39, 0.29) is 19.0 Å². The zero-order chi connectivity index (χ0) is 12.4. The second-order valence-corrected chi connectivity index (χ2v) is 2.39. The first-order valence-corrected chi connectivity index (χ1v) is 5.13. The van der Waals surface area contributed by atoms with Crippen LogP contribution in [0.3, 0.4) is 0 Å². The van der Waals surface area contributed by atoms with Crippen LogP contribution in [0.15, 0.2) is 18.3 Å². The van der Waals surface area contributed by atoms with Crippen molar-refractivity contribution in [1.29, 1.82) is 0 Å². The third-order valence-corrected chi connectivity index (χ3v) is 1.38. The molecule has 0 aliphatic rings. The van der Waals surface area contributed by atoms with Crippen LogP contribution in [0, 0.1) is 5.95 Å². The van der Waals surface area contributed by atoms with Gasteiger partial charge in [0.25, 0.3) is 5.95 Å². The smallest absolute Gasteiger partial charge is 0.344 e. The SMILES string of the molecule is CC.CCOC(=O)COc1cccnc1F.